The maximum absolute atomic E-state index is 12.1. The van der Waals surface area contributed by atoms with Crippen LogP contribution in [0.4, 0.5) is 0 Å². The van der Waals surface area contributed by atoms with Crippen molar-refractivity contribution < 1.29 is 0 Å². The highest BCUT2D eigenvalue weighted by atomic mass is 16.2. The topological polar surface area (TPSA) is 44.0 Å². The van der Waals surface area contributed by atoms with Gasteiger partial charge in [-0.1, -0.05) is 37.0 Å². The fraction of sp³-hybridized carbons (Fsp3) is 0.250. The molecule has 4 nitrogen and oxygen atoms in total. The van der Waals surface area contributed by atoms with Gasteiger partial charge in [0, 0.05) is 24.4 Å². The average molecular weight is 268 g/mol. The summed E-state index contributed by atoms with van der Waals surface area (Å²) in [6.07, 6.45) is 2.38. The van der Waals surface area contributed by atoms with Gasteiger partial charge in [0.25, 0.3) is 5.56 Å². The van der Waals surface area contributed by atoms with Crippen LogP contribution >= 0.6 is 0 Å². The molecule has 0 bridgehead atoms. The zero-order chi connectivity index (χ0) is 14.4. The molecular formula is C16H16N2O2. The van der Waals surface area contributed by atoms with Crippen molar-refractivity contribution in [3.05, 3.63) is 69.0 Å². The first-order chi connectivity index (χ1) is 9.72. The second-order valence-electron chi connectivity index (χ2n) is 4.38. The van der Waals surface area contributed by atoms with E-state index >= 15 is 0 Å². The fourth-order valence-corrected chi connectivity index (χ4v) is 1.86. The largest absolute Gasteiger partial charge is 0.331 e. The molecule has 0 spiro atoms. The zero-order valence-electron chi connectivity index (χ0n) is 11.4. The lowest BCUT2D eigenvalue weighted by Crippen LogP contribution is -2.38. The Morgan fingerprint density at radius 3 is 2.55 bits per heavy atom. The number of hydrogen-bond donors (Lipinski definition) is 0. The number of hydrogen-bond acceptors (Lipinski definition) is 2. The molecule has 102 valence electrons. The van der Waals surface area contributed by atoms with Crippen LogP contribution in [-0.4, -0.2) is 9.13 Å². The van der Waals surface area contributed by atoms with Crippen LogP contribution < -0.4 is 11.2 Å². The SMILES string of the molecule is CCCn1ccc(=O)n(CC#Cc2ccccc2)c1=O. The van der Waals surface area contributed by atoms with Gasteiger partial charge in [0.1, 0.15) is 0 Å². The Hall–Kier alpha value is -2.54. The zero-order valence-corrected chi connectivity index (χ0v) is 11.4. The van der Waals surface area contributed by atoms with E-state index in [-0.39, 0.29) is 17.8 Å². The van der Waals surface area contributed by atoms with Crippen molar-refractivity contribution in [2.24, 2.45) is 0 Å². The Morgan fingerprint density at radius 1 is 1.10 bits per heavy atom. The lowest BCUT2D eigenvalue weighted by atomic mass is 10.2. The monoisotopic (exact) mass is 268 g/mol. The maximum atomic E-state index is 12.1. The van der Waals surface area contributed by atoms with Crippen LogP contribution in [-0.2, 0) is 13.1 Å². The van der Waals surface area contributed by atoms with Gasteiger partial charge in [-0.15, -0.1) is 0 Å². The molecule has 0 aliphatic heterocycles. The molecule has 0 radical (unpaired) electrons. The summed E-state index contributed by atoms with van der Waals surface area (Å²) in [5.41, 5.74) is 0.247. The second-order valence-corrected chi connectivity index (χ2v) is 4.38. The summed E-state index contributed by atoms with van der Waals surface area (Å²) in [5.74, 6) is 5.81. The van der Waals surface area contributed by atoms with Gasteiger partial charge in [-0.25, -0.2) is 9.36 Å². The molecule has 0 aliphatic carbocycles. The molecule has 0 fully saturated rings. The van der Waals surface area contributed by atoms with Crippen LogP contribution in [0, 0.1) is 11.8 Å². The Kier molecular flexibility index (Phi) is 4.56. The van der Waals surface area contributed by atoms with E-state index < -0.39 is 0 Å². The van der Waals surface area contributed by atoms with Gasteiger partial charge in [0.05, 0.1) is 6.54 Å². The van der Waals surface area contributed by atoms with Gasteiger partial charge >= 0.3 is 5.69 Å². The molecule has 0 N–H and O–H groups in total. The quantitative estimate of drug-likeness (QED) is 0.791. The van der Waals surface area contributed by atoms with Crippen molar-refractivity contribution in [2.45, 2.75) is 26.4 Å². The summed E-state index contributed by atoms with van der Waals surface area (Å²) in [5, 5.41) is 0. The number of rotatable bonds is 3. The average Bonchev–Trinajstić information content (AvgIpc) is 2.47. The molecule has 0 atom stereocenters. The molecule has 1 aromatic carbocycles. The van der Waals surface area contributed by atoms with E-state index in [1.807, 2.05) is 37.3 Å². The van der Waals surface area contributed by atoms with Crippen molar-refractivity contribution in [1.82, 2.24) is 9.13 Å². The molecular weight excluding hydrogens is 252 g/mol. The standard InChI is InChI=1S/C16H16N2O2/c1-2-11-17-13-10-15(19)18(16(17)20)12-6-9-14-7-4-3-5-8-14/h3-5,7-8,10,13H,2,11-12H2,1H3. The van der Waals surface area contributed by atoms with Gasteiger partial charge in [0.15, 0.2) is 0 Å². The Morgan fingerprint density at radius 2 is 1.85 bits per heavy atom. The normalized spacial score (nSPS) is 9.85. The molecule has 20 heavy (non-hydrogen) atoms. The number of aromatic nitrogens is 2. The van der Waals surface area contributed by atoms with Gasteiger partial charge in [-0.05, 0) is 18.6 Å². The van der Waals surface area contributed by atoms with Crippen LogP contribution in [0.3, 0.4) is 0 Å². The van der Waals surface area contributed by atoms with Gasteiger partial charge in [-0.3, -0.25) is 4.79 Å². The molecule has 0 saturated carbocycles. The van der Waals surface area contributed by atoms with Crippen molar-refractivity contribution >= 4 is 0 Å². The molecule has 1 aromatic heterocycles. The smallest absolute Gasteiger partial charge is 0.300 e. The maximum Gasteiger partial charge on any atom is 0.331 e. The van der Waals surface area contributed by atoms with Crippen LogP contribution in [0.1, 0.15) is 18.9 Å². The van der Waals surface area contributed by atoms with E-state index in [0.717, 1.165) is 16.6 Å². The molecule has 0 amide bonds. The third-order valence-corrected chi connectivity index (χ3v) is 2.85. The molecule has 0 unspecified atom stereocenters. The van der Waals surface area contributed by atoms with Crippen LogP contribution in [0.15, 0.2) is 52.2 Å². The molecule has 1 heterocycles. The third kappa shape index (κ3) is 3.27. The van der Waals surface area contributed by atoms with Gasteiger partial charge < -0.3 is 4.57 Å². The van der Waals surface area contributed by atoms with Crippen LogP contribution in [0.5, 0.6) is 0 Å². The second kappa shape index (κ2) is 6.58. The van der Waals surface area contributed by atoms with Crippen LogP contribution in [0.2, 0.25) is 0 Å². The van der Waals surface area contributed by atoms with E-state index in [9.17, 15) is 9.59 Å². The lowest BCUT2D eigenvalue weighted by molar-refractivity contribution is 0.578. The van der Waals surface area contributed by atoms with E-state index in [4.69, 9.17) is 0 Å². The van der Waals surface area contributed by atoms with E-state index in [0.29, 0.717) is 6.54 Å². The minimum atomic E-state index is -0.315. The Bertz CT molecular complexity index is 746. The van der Waals surface area contributed by atoms with Crippen LogP contribution in [0.25, 0.3) is 0 Å². The molecule has 0 aliphatic rings. The van der Waals surface area contributed by atoms with Crippen molar-refractivity contribution in [3.8, 4) is 11.8 Å². The summed E-state index contributed by atoms with van der Waals surface area (Å²) < 4.78 is 2.69. The predicted octanol–water partition coefficient (Wildman–Crippen LogP) is 1.47. The Labute approximate surface area is 117 Å². The molecule has 0 saturated heterocycles. The number of aryl methyl sites for hydroxylation is 1. The first-order valence-electron chi connectivity index (χ1n) is 6.56. The molecule has 4 heteroatoms. The van der Waals surface area contributed by atoms with Gasteiger partial charge in [0.2, 0.25) is 0 Å². The number of nitrogens with zero attached hydrogens (tertiary/aromatic N) is 2. The summed E-state index contributed by atoms with van der Waals surface area (Å²) >= 11 is 0. The third-order valence-electron chi connectivity index (χ3n) is 2.85. The number of benzene rings is 1. The highest BCUT2D eigenvalue weighted by Gasteiger charge is 2.02. The summed E-state index contributed by atoms with van der Waals surface area (Å²) in [4.78, 5) is 23.8. The highest BCUT2D eigenvalue weighted by Crippen LogP contribution is 1.94. The van der Waals surface area contributed by atoms with E-state index in [1.165, 1.54) is 16.8 Å². The minimum Gasteiger partial charge on any atom is -0.300 e. The highest BCUT2D eigenvalue weighted by molar-refractivity contribution is 5.33. The predicted molar refractivity (Wildman–Crippen MR) is 78.6 cm³/mol. The first kappa shape index (κ1) is 13.9. The van der Waals surface area contributed by atoms with Crippen molar-refractivity contribution in [3.63, 3.8) is 0 Å². The molecule has 2 aromatic rings. The summed E-state index contributed by atoms with van der Waals surface area (Å²) in [7, 11) is 0. The van der Waals surface area contributed by atoms with E-state index in [1.54, 1.807) is 0 Å². The first-order valence-corrected chi connectivity index (χ1v) is 6.56. The lowest BCUT2D eigenvalue weighted by Gasteiger charge is -2.05. The Balaban J connectivity index is 2.26. The molecule has 2 rings (SSSR count). The van der Waals surface area contributed by atoms with Crippen molar-refractivity contribution in [2.75, 3.05) is 0 Å². The van der Waals surface area contributed by atoms with Gasteiger partial charge in [-0.2, -0.15) is 0 Å². The fourth-order valence-electron chi connectivity index (χ4n) is 1.86. The summed E-state index contributed by atoms with van der Waals surface area (Å²) in [6.45, 7) is 2.69. The van der Waals surface area contributed by atoms with E-state index in [2.05, 4.69) is 11.8 Å². The minimum absolute atomic E-state index is 0.108. The summed E-state index contributed by atoms with van der Waals surface area (Å²) in [6, 6.07) is 10.9. The van der Waals surface area contributed by atoms with Crippen molar-refractivity contribution in [1.29, 1.82) is 0 Å².